The Morgan fingerprint density at radius 3 is 2.49 bits per heavy atom. The van der Waals surface area contributed by atoms with E-state index in [1.54, 1.807) is 65.6 Å². The van der Waals surface area contributed by atoms with E-state index in [1.165, 1.54) is 12.1 Å². The highest BCUT2D eigenvalue weighted by atomic mass is 35.5. The number of piperidine rings is 1. The minimum absolute atomic E-state index is 0.274. The summed E-state index contributed by atoms with van der Waals surface area (Å²) in [4.78, 5) is 30.0. The lowest BCUT2D eigenvalue weighted by Crippen LogP contribution is -2.58. The van der Waals surface area contributed by atoms with Crippen LogP contribution in [0.15, 0.2) is 91.0 Å². The highest BCUT2D eigenvalue weighted by Crippen LogP contribution is 2.60. The molecule has 0 aliphatic carbocycles. The average Bonchev–Trinajstić information content (AvgIpc) is 3.24. The first-order valence-electron chi connectivity index (χ1n) is 13.0. The van der Waals surface area contributed by atoms with Crippen LogP contribution in [0.25, 0.3) is 0 Å². The van der Waals surface area contributed by atoms with Gasteiger partial charge in [-0.15, -0.1) is 0 Å². The number of anilines is 2. The van der Waals surface area contributed by atoms with E-state index in [0.717, 1.165) is 5.56 Å². The zero-order chi connectivity index (χ0) is 28.7. The van der Waals surface area contributed by atoms with Crippen LogP contribution in [0.2, 0.25) is 10.0 Å². The van der Waals surface area contributed by atoms with E-state index in [2.05, 4.69) is 16.7 Å². The molecule has 1 saturated heterocycles. The quantitative estimate of drug-likeness (QED) is 0.259. The first-order chi connectivity index (χ1) is 19.8. The molecule has 4 aromatic carbocycles. The van der Waals surface area contributed by atoms with Crippen molar-refractivity contribution >= 4 is 46.5 Å². The molecule has 2 heterocycles. The Labute approximate surface area is 246 Å². The molecular weight excluding hydrogens is 562 g/mol. The molecule has 9 heteroatoms. The van der Waals surface area contributed by atoms with Crippen LogP contribution in [-0.2, 0) is 10.2 Å². The second-order valence-electron chi connectivity index (χ2n) is 10.2. The van der Waals surface area contributed by atoms with Crippen molar-refractivity contribution in [1.29, 1.82) is 5.26 Å². The van der Waals surface area contributed by atoms with Gasteiger partial charge in [0.2, 0.25) is 5.91 Å². The number of hydrogen-bond donors (Lipinski definition) is 2. The van der Waals surface area contributed by atoms with Crippen molar-refractivity contribution in [2.75, 3.05) is 17.2 Å². The number of halogens is 3. The van der Waals surface area contributed by atoms with Crippen LogP contribution in [0.3, 0.4) is 0 Å². The predicted octanol–water partition coefficient (Wildman–Crippen LogP) is 7.66. The third-order valence-corrected chi connectivity index (χ3v) is 8.43. The second kappa shape index (κ2) is 10.5. The third-order valence-electron chi connectivity index (χ3n) is 7.94. The number of likely N-dealkylation sites (tertiary alicyclic amines) is 1. The first-order valence-corrected chi connectivity index (χ1v) is 13.8. The number of nitriles is 1. The molecule has 2 N–H and O–H groups in total. The molecule has 0 aromatic heterocycles. The van der Waals surface area contributed by atoms with Gasteiger partial charge in [0.25, 0.3) is 0 Å². The lowest BCUT2D eigenvalue weighted by Gasteiger charge is -2.51. The summed E-state index contributed by atoms with van der Waals surface area (Å²) in [5.74, 6) is -1.18. The number of hydrogen-bond acceptors (Lipinski definition) is 3. The first kappa shape index (κ1) is 26.8. The van der Waals surface area contributed by atoms with Gasteiger partial charge in [0.05, 0.1) is 17.7 Å². The number of rotatable bonds is 3. The van der Waals surface area contributed by atoms with E-state index in [-0.39, 0.29) is 18.4 Å². The molecule has 0 saturated carbocycles. The van der Waals surface area contributed by atoms with Gasteiger partial charge >= 0.3 is 6.03 Å². The van der Waals surface area contributed by atoms with Gasteiger partial charge in [0.1, 0.15) is 11.2 Å². The van der Waals surface area contributed by atoms with Gasteiger partial charge in [0, 0.05) is 33.9 Å². The normalized spacial score (nSPS) is 21.2. The summed E-state index contributed by atoms with van der Waals surface area (Å²) in [5.41, 5.74) is 2.06. The van der Waals surface area contributed by atoms with Crippen LogP contribution < -0.4 is 10.6 Å². The molecule has 6 rings (SSSR count). The SMILES string of the molecule is N#Cc1cccc(NC(=O)N2CCC(c3ccc(Cl)cc3)C3(C(=O)Nc4cc(Cl)ccc43)C2c2cccc(F)c2)c1. The summed E-state index contributed by atoms with van der Waals surface area (Å²) in [7, 11) is 0. The van der Waals surface area contributed by atoms with Crippen molar-refractivity contribution < 1.29 is 14.0 Å². The Morgan fingerprint density at radius 2 is 1.73 bits per heavy atom. The fraction of sp³-hybridized carbons (Fsp3) is 0.156. The topological polar surface area (TPSA) is 85.2 Å². The van der Waals surface area contributed by atoms with E-state index in [4.69, 9.17) is 23.2 Å². The summed E-state index contributed by atoms with van der Waals surface area (Å²) in [6.45, 7) is 0.274. The fourth-order valence-corrected chi connectivity index (χ4v) is 6.63. The Morgan fingerprint density at radius 1 is 0.976 bits per heavy atom. The monoisotopic (exact) mass is 584 g/mol. The number of carbonyl (C=O) groups excluding carboxylic acids is 2. The zero-order valence-electron chi connectivity index (χ0n) is 21.6. The van der Waals surface area contributed by atoms with Crippen molar-refractivity contribution in [2.24, 2.45) is 0 Å². The molecule has 3 amide bonds. The maximum atomic E-state index is 14.8. The van der Waals surface area contributed by atoms with E-state index >= 15 is 0 Å². The number of nitrogens with zero attached hydrogens (tertiary/aromatic N) is 2. The molecule has 0 radical (unpaired) electrons. The van der Waals surface area contributed by atoms with Crippen molar-refractivity contribution in [3.8, 4) is 6.07 Å². The number of urea groups is 1. The molecule has 1 fully saturated rings. The van der Waals surface area contributed by atoms with Crippen molar-refractivity contribution in [1.82, 2.24) is 4.90 Å². The van der Waals surface area contributed by atoms with Gasteiger partial charge in [-0.05, 0) is 77.7 Å². The van der Waals surface area contributed by atoms with Gasteiger partial charge in [-0.2, -0.15) is 5.26 Å². The Balaban J connectivity index is 1.56. The Kier molecular flexibility index (Phi) is 6.90. The molecule has 3 unspecified atom stereocenters. The summed E-state index contributed by atoms with van der Waals surface area (Å²) in [6, 6.07) is 25.8. The minimum Gasteiger partial charge on any atom is -0.325 e. The highest BCUT2D eigenvalue weighted by Gasteiger charge is 2.62. The number of benzene rings is 4. The summed E-state index contributed by atoms with van der Waals surface area (Å²) in [6.07, 6.45) is 0.439. The molecule has 4 aromatic rings. The van der Waals surface area contributed by atoms with Gasteiger partial charge in [0.15, 0.2) is 0 Å². The van der Waals surface area contributed by atoms with Gasteiger partial charge in [-0.3, -0.25) is 4.79 Å². The molecule has 41 heavy (non-hydrogen) atoms. The molecular formula is C32H23Cl2FN4O2. The smallest absolute Gasteiger partial charge is 0.322 e. The Bertz CT molecular complexity index is 1720. The summed E-state index contributed by atoms with van der Waals surface area (Å²) in [5, 5.41) is 16.2. The molecule has 0 bridgehead atoms. The van der Waals surface area contributed by atoms with Crippen LogP contribution in [0, 0.1) is 17.1 Å². The van der Waals surface area contributed by atoms with Crippen LogP contribution in [0.1, 0.15) is 40.6 Å². The zero-order valence-corrected chi connectivity index (χ0v) is 23.1. The number of nitrogens with one attached hydrogen (secondary N) is 2. The van der Waals surface area contributed by atoms with Crippen molar-refractivity contribution in [3.63, 3.8) is 0 Å². The van der Waals surface area contributed by atoms with E-state index in [1.807, 2.05) is 18.2 Å². The maximum absolute atomic E-state index is 14.8. The van der Waals surface area contributed by atoms with Crippen LogP contribution >= 0.6 is 23.2 Å². The maximum Gasteiger partial charge on any atom is 0.322 e. The Hall–Kier alpha value is -4.38. The van der Waals surface area contributed by atoms with E-state index in [9.17, 15) is 19.2 Å². The predicted molar refractivity (Wildman–Crippen MR) is 157 cm³/mol. The molecule has 2 aliphatic rings. The minimum atomic E-state index is -1.33. The lowest BCUT2D eigenvalue weighted by atomic mass is 9.59. The molecule has 3 atom stereocenters. The molecule has 204 valence electrons. The van der Waals surface area contributed by atoms with Crippen molar-refractivity contribution in [2.45, 2.75) is 23.8 Å². The average molecular weight is 585 g/mol. The largest absolute Gasteiger partial charge is 0.325 e. The van der Waals surface area contributed by atoms with Gasteiger partial charge in [-0.1, -0.05) is 59.6 Å². The van der Waals surface area contributed by atoms with Gasteiger partial charge < -0.3 is 15.5 Å². The molecule has 2 aliphatic heterocycles. The van der Waals surface area contributed by atoms with E-state index < -0.39 is 23.3 Å². The van der Waals surface area contributed by atoms with E-state index in [0.29, 0.717) is 44.5 Å². The number of amides is 3. The standard InChI is InChI=1S/C32H23Cl2FN4O2/c33-22-9-7-20(8-10-22)26-13-14-39(31(41)37-25-6-1-3-19(15-25)18-36)29(21-4-2-5-24(35)16-21)32(26)27-12-11-23(34)17-28(27)38-30(32)40/h1-12,15-17,26,29H,13-14H2,(H,37,41)(H,38,40). The van der Waals surface area contributed by atoms with Gasteiger partial charge in [-0.25, -0.2) is 9.18 Å². The summed E-state index contributed by atoms with van der Waals surface area (Å²) >= 11 is 12.5. The number of carbonyl (C=O) groups is 2. The summed E-state index contributed by atoms with van der Waals surface area (Å²) < 4.78 is 14.8. The van der Waals surface area contributed by atoms with Crippen molar-refractivity contribution in [3.05, 3.63) is 129 Å². The van der Waals surface area contributed by atoms with Crippen LogP contribution in [0.4, 0.5) is 20.6 Å². The fourth-order valence-electron chi connectivity index (χ4n) is 6.33. The van der Waals surface area contributed by atoms with Crippen LogP contribution in [-0.4, -0.2) is 23.4 Å². The number of fused-ring (bicyclic) bond motifs is 2. The lowest BCUT2D eigenvalue weighted by molar-refractivity contribution is -0.125. The molecule has 1 spiro atoms. The third kappa shape index (κ3) is 4.59. The second-order valence-corrected chi connectivity index (χ2v) is 11.1. The van der Waals surface area contributed by atoms with Crippen LogP contribution in [0.5, 0.6) is 0 Å². The molecule has 6 nitrogen and oxygen atoms in total. The highest BCUT2D eigenvalue weighted by molar-refractivity contribution is 6.31.